The summed E-state index contributed by atoms with van der Waals surface area (Å²) in [5, 5.41) is 4.09. The molecule has 0 saturated heterocycles. The monoisotopic (exact) mass is 258 g/mol. The lowest BCUT2D eigenvalue weighted by molar-refractivity contribution is 0.0784. The van der Waals surface area contributed by atoms with Crippen LogP contribution in [0, 0.1) is 6.92 Å². The van der Waals surface area contributed by atoms with E-state index in [9.17, 15) is 4.79 Å². The minimum absolute atomic E-state index is 0.0126. The molecule has 0 spiro atoms. The molecule has 0 aliphatic rings. The zero-order chi connectivity index (χ0) is 14.0. The summed E-state index contributed by atoms with van der Waals surface area (Å²) in [4.78, 5) is 14.0. The highest BCUT2D eigenvalue weighted by Gasteiger charge is 2.14. The van der Waals surface area contributed by atoms with Crippen LogP contribution in [-0.2, 0) is 13.6 Å². The number of rotatable bonds is 3. The third-order valence-corrected chi connectivity index (χ3v) is 3.01. The number of nitrogens with two attached hydrogens (primary N) is 1. The molecule has 0 unspecified atom stereocenters. The maximum absolute atomic E-state index is 12.3. The van der Waals surface area contributed by atoms with Crippen molar-refractivity contribution in [3.05, 3.63) is 47.3 Å². The van der Waals surface area contributed by atoms with Crippen LogP contribution >= 0.6 is 0 Å². The molecule has 0 fully saturated rings. The van der Waals surface area contributed by atoms with Gasteiger partial charge in [0.2, 0.25) is 0 Å². The molecule has 5 heteroatoms. The van der Waals surface area contributed by atoms with E-state index in [1.165, 1.54) is 0 Å². The average molecular weight is 258 g/mol. The fraction of sp³-hybridized carbons (Fsp3) is 0.286. The van der Waals surface area contributed by atoms with Crippen LogP contribution in [0.2, 0.25) is 0 Å². The summed E-state index contributed by atoms with van der Waals surface area (Å²) >= 11 is 0. The van der Waals surface area contributed by atoms with Crippen LogP contribution < -0.4 is 5.73 Å². The number of carbonyl (C=O) groups excluding carboxylic acids is 1. The Balaban J connectivity index is 2.14. The Morgan fingerprint density at radius 2 is 2.21 bits per heavy atom. The number of hydrogen-bond acceptors (Lipinski definition) is 3. The molecule has 0 aliphatic carbocycles. The van der Waals surface area contributed by atoms with E-state index in [-0.39, 0.29) is 5.91 Å². The van der Waals surface area contributed by atoms with Crippen molar-refractivity contribution < 1.29 is 4.79 Å². The number of hydrogen-bond donors (Lipinski definition) is 1. The Morgan fingerprint density at radius 1 is 1.47 bits per heavy atom. The summed E-state index contributed by atoms with van der Waals surface area (Å²) in [5.74, 6) is -0.0126. The highest BCUT2D eigenvalue weighted by atomic mass is 16.2. The normalized spacial score (nSPS) is 10.5. The van der Waals surface area contributed by atoms with Gasteiger partial charge in [-0.15, -0.1) is 0 Å². The first-order valence-electron chi connectivity index (χ1n) is 6.06. The lowest BCUT2D eigenvalue weighted by Crippen LogP contribution is -2.26. The van der Waals surface area contributed by atoms with E-state index in [1.54, 1.807) is 35.0 Å². The fourth-order valence-electron chi connectivity index (χ4n) is 2.03. The van der Waals surface area contributed by atoms with E-state index in [0.29, 0.717) is 17.8 Å². The first-order chi connectivity index (χ1) is 8.97. The lowest BCUT2D eigenvalue weighted by atomic mass is 10.1. The van der Waals surface area contributed by atoms with Crippen molar-refractivity contribution in [2.45, 2.75) is 13.5 Å². The molecule has 19 heavy (non-hydrogen) atoms. The molecule has 0 bridgehead atoms. The van der Waals surface area contributed by atoms with Crippen LogP contribution in [0.3, 0.4) is 0 Å². The summed E-state index contributed by atoms with van der Waals surface area (Å²) in [6, 6.07) is 5.33. The second kappa shape index (κ2) is 5.14. The van der Waals surface area contributed by atoms with Gasteiger partial charge in [0.1, 0.15) is 0 Å². The Labute approximate surface area is 112 Å². The molecule has 0 radical (unpaired) electrons. The van der Waals surface area contributed by atoms with E-state index in [2.05, 4.69) is 5.10 Å². The third kappa shape index (κ3) is 2.93. The fourth-order valence-corrected chi connectivity index (χ4v) is 2.03. The van der Waals surface area contributed by atoms with Crippen LogP contribution in [0.25, 0.3) is 0 Å². The molecule has 0 atom stereocenters. The summed E-state index contributed by atoms with van der Waals surface area (Å²) in [5.41, 5.74) is 8.94. The van der Waals surface area contributed by atoms with Crippen LogP contribution in [0.4, 0.5) is 5.69 Å². The van der Waals surface area contributed by atoms with Crippen molar-refractivity contribution in [3.63, 3.8) is 0 Å². The Kier molecular flexibility index (Phi) is 3.55. The molecule has 5 nitrogen and oxygen atoms in total. The van der Waals surface area contributed by atoms with Crippen molar-refractivity contribution in [1.82, 2.24) is 14.7 Å². The maximum Gasteiger partial charge on any atom is 0.254 e. The van der Waals surface area contributed by atoms with Gasteiger partial charge in [-0.05, 0) is 30.7 Å². The topological polar surface area (TPSA) is 64.2 Å². The SMILES string of the molecule is Cc1cc(N)ccc1C(=O)N(C)Cc1cnn(C)c1. The van der Waals surface area contributed by atoms with Gasteiger partial charge in [0, 0.05) is 43.7 Å². The number of nitrogen functional groups attached to an aromatic ring is 1. The molecule has 1 heterocycles. The molecule has 1 aromatic carbocycles. The number of amides is 1. The van der Waals surface area contributed by atoms with E-state index in [4.69, 9.17) is 5.73 Å². The standard InChI is InChI=1S/C14H18N4O/c1-10-6-12(15)4-5-13(10)14(19)17(2)8-11-7-16-18(3)9-11/h4-7,9H,8,15H2,1-3H3. The number of nitrogens with zero attached hydrogens (tertiary/aromatic N) is 3. The van der Waals surface area contributed by atoms with E-state index in [0.717, 1.165) is 11.1 Å². The number of benzene rings is 1. The number of aromatic nitrogens is 2. The molecule has 2 N–H and O–H groups in total. The van der Waals surface area contributed by atoms with Gasteiger partial charge >= 0.3 is 0 Å². The molecule has 0 saturated carbocycles. The van der Waals surface area contributed by atoms with Gasteiger partial charge in [0.25, 0.3) is 5.91 Å². The van der Waals surface area contributed by atoms with E-state index < -0.39 is 0 Å². The van der Waals surface area contributed by atoms with Gasteiger partial charge < -0.3 is 10.6 Å². The van der Waals surface area contributed by atoms with Gasteiger partial charge in [0.15, 0.2) is 0 Å². The lowest BCUT2D eigenvalue weighted by Gasteiger charge is -2.17. The van der Waals surface area contributed by atoms with E-state index in [1.807, 2.05) is 26.2 Å². The molecular weight excluding hydrogens is 240 g/mol. The molecule has 1 amide bonds. The van der Waals surface area contributed by atoms with Crippen molar-refractivity contribution in [3.8, 4) is 0 Å². The van der Waals surface area contributed by atoms with Gasteiger partial charge in [-0.1, -0.05) is 0 Å². The Morgan fingerprint density at radius 3 is 2.79 bits per heavy atom. The second-order valence-corrected chi connectivity index (χ2v) is 4.76. The number of carbonyl (C=O) groups is 1. The summed E-state index contributed by atoms with van der Waals surface area (Å²) in [7, 11) is 3.64. The highest BCUT2D eigenvalue weighted by Crippen LogP contribution is 2.15. The molecule has 1 aromatic heterocycles. The molecule has 0 aliphatic heterocycles. The van der Waals surface area contributed by atoms with Crippen molar-refractivity contribution >= 4 is 11.6 Å². The van der Waals surface area contributed by atoms with Crippen LogP contribution in [0.1, 0.15) is 21.5 Å². The Hall–Kier alpha value is -2.30. The van der Waals surface area contributed by atoms with Gasteiger partial charge in [-0.3, -0.25) is 9.48 Å². The maximum atomic E-state index is 12.3. The molecule has 2 rings (SSSR count). The van der Waals surface area contributed by atoms with E-state index >= 15 is 0 Å². The smallest absolute Gasteiger partial charge is 0.254 e. The third-order valence-electron chi connectivity index (χ3n) is 3.01. The van der Waals surface area contributed by atoms with Crippen molar-refractivity contribution in [2.75, 3.05) is 12.8 Å². The minimum Gasteiger partial charge on any atom is -0.399 e. The predicted octanol–water partition coefficient (Wildman–Crippen LogP) is 1.58. The Bertz CT molecular complexity index is 603. The summed E-state index contributed by atoms with van der Waals surface area (Å²) < 4.78 is 1.72. The van der Waals surface area contributed by atoms with Crippen LogP contribution in [0.15, 0.2) is 30.6 Å². The van der Waals surface area contributed by atoms with Crippen molar-refractivity contribution in [2.24, 2.45) is 7.05 Å². The number of anilines is 1. The van der Waals surface area contributed by atoms with Crippen molar-refractivity contribution in [1.29, 1.82) is 0 Å². The summed E-state index contributed by atoms with van der Waals surface area (Å²) in [6.45, 7) is 2.43. The first kappa shape index (κ1) is 13.1. The summed E-state index contributed by atoms with van der Waals surface area (Å²) in [6.07, 6.45) is 3.67. The predicted molar refractivity (Wildman–Crippen MR) is 74.6 cm³/mol. The zero-order valence-electron chi connectivity index (χ0n) is 11.4. The minimum atomic E-state index is -0.0126. The molecule has 2 aromatic rings. The highest BCUT2D eigenvalue weighted by molar-refractivity contribution is 5.95. The van der Waals surface area contributed by atoms with Gasteiger partial charge in [-0.2, -0.15) is 5.10 Å². The second-order valence-electron chi connectivity index (χ2n) is 4.76. The van der Waals surface area contributed by atoms with Gasteiger partial charge in [-0.25, -0.2) is 0 Å². The molecular formula is C14H18N4O. The quantitative estimate of drug-likeness (QED) is 0.850. The van der Waals surface area contributed by atoms with Crippen LogP contribution in [0.5, 0.6) is 0 Å². The molecule has 100 valence electrons. The van der Waals surface area contributed by atoms with Gasteiger partial charge in [0.05, 0.1) is 6.20 Å². The van der Waals surface area contributed by atoms with Crippen LogP contribution in [-0.4, -0.2) is 27.6 Å². The number of aryl methyl sites for hydroxylation is 2. The average Bonchev–Trinajstić information content (AvgIpc) is 2.74. The first-order valence-corrected chi connectivity index (χ1v) is 6.06. The zero-order valence-corrected chi connectivity index (χ0v) is 11.4. The largest absolute Gasteiger partial charge is 0.399 e.